The third kappa shape index (κ3) is 2.50. The second-order valence-electron chi connectivity index (χ2n) is 4.34. The van der Waals surface area contributed by atoms with Crippen molar-refractivity contribution in [1.29, 1.82) is 0 Å². The molecule has 1 unspecified atom stereocenters. The van der Waals surface area contributed by atoms with Gasteiger partial charge in [0.15, 0.2) is 0 Å². The van der Waals surface area contributed by atoms with E-state index < -0.39 is 0 Å². The summed E-state index contributed by atoms with van der Waals surface area (Å²) in [4.78, 5) is 4.22. The van der Waals surface area contributed by atoms with Gasteiger partial charge in [0.1, 0.15) is 18.7 Å². The molecule has 7 heteroatoms. The van der Waals surface area contributed by atoms with Gasteiger partial charge in [-0.05, 0) is 20.8 Å². The Bertz CT molecular complexity index is 482. The molecule has 0 aliphatic rings. The third-order valence-corrected chi connectivity index (χ3v) is 2.46. The molecule has 0 bridgehead atoms. The second kappa shape index (κ2) is 4.62. The molecule has 1 atom stereocenters. The Kier molecular flexibility index (Phi) is 3.19. The first-order valence-corrected chi connectivity index (χ1v) is 5.62. The predicted molar refractivity (Wildman–Crippen MR) is 62.1 cm³/mol. The first-order chi connectivity index (χ1) is 8.08. The first-order valence-electron chi connectivity index (χ1n) is 5.62. The number of hydrogen-bond acceptors (Lipinski definition) is 5. The molecule has 2 N–H and O–H groups in total. The standard InChI is InChI=1S/C10H17N7/c1-7(2)17-10(12-6-13-17)5-16-4-9(8(3)11)14-15-16/h4,6-8H,5,11H2,1-3H3. The van der Waals surface area contributed by atoms with Crippen LogP contribution in [0.4, 0.5) is 0 Å². The largest absolute Gasteiger partial charge is 0.323 e. The van der Waals surface area contributed by atoms with Crippen LogP contribution in [0.3, 0.4) is 0 Å². The molecular weight excluding hydrogens is 218 g/mol. The Hall–Kier alpha value is -1.76. The molecule has 2 aromatic rings. The maximum Gasteiger partial charge on any atom is 0.148 e. The van der Waals surface area contributed by atoms with Gasteiger partial charge in [-0.3, -0.25) is 0 Å². The van der Waals surface area contributed by atoms with Crippen LogP contribution in [-0.4, -0.2) is 29.8 Å². The summed E-state index contributed by atoms with van der Waals surface area (Å²) in [5, 5.41) is 12.2. The van der Waals surface area contributed by atoms with Gasteiger partial charge in [-0.2, -0.15) is 5.10 Å². The van der Waals surface area contributed by atoms with E-state index in [2.05, 4.69) is 34.2 Å². The Labute approximate surface area is 99.6 Å². The summed E-state index contributed by atoms with van der Waals surface area (Å²) in [5.74, 6) is 0.862. The number of aromatic nitrogens is 6. The summed E-state index contributed by atoms with van der Waals surface area (Å²) in [5.41, 5.74) is 6.51. The molecule has 0 saturated heterocycles. The minimum absolute atomic E-state index is 0.105. The van der Waals surface area contributed by atoms with Crippen molar-refractivity contribution in [2.24, 2.45) is 5.73 Å². The van der Waals surface area contributed by atoms with Gasteiger partial charge in [-0.1, -0.05) is 5.21 Å². The monoisotopic (exact) mass is 235 g/mol. The average Bonchev–Trinajstić information content (AvgIpc) is 2.86. The fraction of sp³-hybridized carbons (Fsp3) is 0.600. The molecular formula is C10H17N7. The van der Waals surface area contributed by atoms with Crippen molar-refractivity contribution < 1.29 is 0 Å². The number of rotatable bonds is 4. The molecule has 0 radical (unpaired) electrons. The predicted octanol–water partition coefficient (Wildman–Crippen LogP) is 0.518. The third-order valence-electron chi connectivity index (χ3n) is 2.46. The highest BCUT2D eigenvalue weighted by molar-refractivity contribution is 4.99. The summed E-state index contributed by atoms with van der Waals surface area (Å²) < 4.78 is 3.59. The highest BCUT2D eigenvalue weighted by Crippen LogP contribution is 2.08. The molecule has 2 heterocycles. The summed E-state index contributed by atoms with van der Waals surface area (Å²) >= 11 is 0. The lowest BCUT2D eigenvalue weighted by atomic mass is 10.3. The summed E-state index contributed by atoms with van der Waals surface area (Å²) in [6, 6.07) is 0.177. The normalized spacial score (nSPS) is 13.2. The molecule has 0 spiro atoms. The Morgan fingerprint density at radius 1 is 1.35 bits per heavy atom. The molecule has 2 rings (SSSR count). The zero-order valence-corrected chi connectivity index (χ0v) is 10.3. The highest BCUT2D eigenvalue weighted by atomic mass is 15.4. The summed E-state index contributed by atoms with van der Waals surface area (Å²) in [7, 11) is 0. The van der Waals surface area contributed by atoms with Crippen LogP contribution in [0.15, 0.2) is 12.5 Å². The van der Waals surface area contributed by atoms with Crippen molar-refractivity contribution in [3.05, 3.63) is 24.0 Å². The van der Waals surface area contributed by atoms with E-state index in [1.54, 1.807) is 11.0 Å². The van der Waals surface area contributed by atoms with Crippen LogP contribution in [0.2, 0.25) is 0 Å². The van der Waals surface area contributed by atoms with E-state index in [9.17, 15) is 0 Å². The van der Waals surface area contributed by atoms with Gasteiger partial charge >= 0.3 is 0 Å². The number of hydrogen-bond donors (Lipinski definition) is 1. The van der Waals surface area contributed by atoms with Gasteiger partial charge in [0, 0.05) is 12.1 Å². The lowest BCUT2D eigenvalue weighted by Gasteiger charge is -2.08. The Morgan fingerprint density at radius 2 is 2.12 bits per heavy atom. The van der Waals surface area contributed by atoms with Gasteiger partial charge < -0.3 is 5.73 Å². The van der Waals surface area contributed by atoms with Crippen LogP contribution in [-0.2, 0) is 6.54 Å². The van der Waals surface area contributed by atoms with E-state index in [4.69, 9.17) is 5.73 Å². The zero-order valence-electron chi connectivity index (χ0n) is 10.3. The van der Waals surface area contributed by atoms with Gasteiger partial charge in [-0.15, -0.1) is 5.10 Å². The van der Waals surface area contributed by atoms with E-state index >= 15 is 0 Å². The molecule has 0 aromatic carbocycles. The zero-order chi connectivity index (χ0) is 12.4. The quantitative estimate of drug-likeness (QED) is 0.834. The number of nitrogens with zero attached hydrogens (tertiary/aromatic N) is 6. The molecule has 0 aliphatic carbocycles. The second-order valence-corrected chi connectivity index (χ2v) is 4.34. The van der Waals surface area contributed by atoms with Crippen LogP contribution in [0, 0.1) is 0 Å². The van der Waals surface area contributed by atoms with E-state index in [1.807, 2.05) is 17.8 Å². The molecule has 17 heavy (non-hydrogen) atoms. The number of nitrogens with two attached hydrogens (primary N) is 1. The van der Waals surface area contributed by atoms with Gasteiger partial charge in [0.2, 0.25) is 0 Å². The van der Waals surface area contributed by atoms with Crippen molar-refractivity contribution >= 4 is 0 Å². The van der Waals surface area contributed by atoms with Crippen LogP contribution >= 0.6 is 0 Å². The fourth-order valence-corrected chi connectivity index (χ4v) is 1.56. The summed E-state index contributed by atoms with van der Waals surface area (Å²) in [6.07, 6.45) is 3.39. The molecule has 0 amide bonds. The fourth-order valence-electron chi connectivity index (χ4n) is 1.56. The topological polar surface area (TPSA) is 87.4 Å². The molecule has 0 saturated carbocycles. The summed E-state index contributed by atoms with van der Waals surface area (Å²) in [6.45, 7) is 6.56. The van der Waals surface area contributed by atoms with Gasteiger partial charge in [-0.25, -0.2) is 14.3 Å². The van der Waals surface area contributed by atoms with Crippen molar-refractivity contribution in [2.75, 3.05) is 0 Å². The van der Waals surface area contributed by atoms with E-state index in [0.29, 0.717) is 6.54 Å². The van der Waals surface area contributed by atoms with Crippen LogP contribution < -0.4 is 5.73 Å². The van der Waals surface area contributed by atoms with Crippen molar-refractivity contribution in [2.45, 2.75) is 39.4 Å². The molecule has 92 valence electrons. The first kappa shape index (κ1) is 11.7. The van der Waals surface area contributed by atoms with Gasteiger partial charge in [0.05, 0.1) is 11.9 Å². The van der Waals surface area contributed by atoms with Crippen LogP contribution in [0.1, 0.15) is 44.4 Å². The minimum Gasteiger partial charge on any atom is -0.323 e. The lowest BCUT2D eigenvalue weighted by molar-refractivity contribution is 0.485. The average molecular weight is 235 g/mol. The maximum absolute atomic E-state index is 5.73. The van der Waals surface area contributed by atoms with Crippen molar-refractivity contribution in [3.8, 4) is 0 Å². The Balaban J connectivity index is 2.17. The van der Waals surface area contributed by atoms with E-state index in [0.717, 1.165) is 11.5 Å². The van der Waals surface area contributed by atoms with Crippen molar-refractivity contribution in [3.63, 3.8) is 0 Å². The lowest BCUT2D eigenvalue weighted by Crippen LogP contribution is -2.12. The van der Waals surface area contributed by atoms with Crippen molar-refractivity contribution in [1.82, 2.24) is 29.8 Å². The molecule has 2 aromatic heterocycles. The molecule has 7 nitrogen and oxygen atoms in total. The van der Waals surface area contributed by atoms with Crippen LogP contribution in [0.5, 0.6) is 0 Å². The van der Waals surface area contributed by atoms with Gasteiger partial charge in [0.25, 0.3) is 0 Å². The SMILES string of the molecule is CC(N)c1cn(Cc2ncnn2C(C)C)nn1. The van der Waals surface area contributed by atoms with Crippen LogP contribution in [0.25, 0.3) is 0 Å². The van der Waals surface area contributed by atoms with E-state index in [-0.39, 0.29) is 12.1 Å². The highest BCUT2D eigenvalue weighted by Gasteiger charge is 2.10. The van der Waals surface area contributed by atoms with E-state index in [1.165, 1.54) is 0 Å². The Morgan fingerprint density at radius 3 is 2.71 bits per heavy atom. The molecule has 0 fully saturated rings. The minimum atomic E-state index is -0.105. The maximum atomic E-state index is 5.73. The smallest absolute Gasteiger partial charge is 0.148 e. The molecule has 0 aliphatic heterocycles.